The van der Waals surface area contributed by atoms with Crippen LogP contribution in [0.15, 0.2) is 30.3 Å². The summed E-state index contributed by atoms with van der Waals surface area (Å²) in [4.78, 5) is 68.4. The molecule has 4 aliphatic carbocycles. The van der Waals surface area contributed by atoms with Gasteiger partial charge in [0.15, 0.2) is 0 Å². The molecule has 5 atom stereocenters. The molecule has 1 unspecified atom stereocenters. The Morgan fingerprint density at radius 3 is 2.17 bits per heavy atom. The summed E-state index contributed by atoms with van der Waals surface area (Å²) in [5.41, 5.74) is 5.61. The number of likely N-dealkylation sites (tertiary alicyclic amines) is 1. The number of urea groups is 1. The second-order valence-electron chi connectivity index (χ2n) is 16.0. The molecule has 5 aliphatic rings. The Hall–Kier alpha value is -3.43. The van der Waals surface area contributed by atoms with E-state index in [1.807, 2.05) is 39.0 Å². The summed E-state index contributed by atoms with van der Waals surface area (Å²) in [5.74, 6) is -2.01. The number of fused-ring (bicyclic) bond motifs is 3. The summed E-state index contributed by atoms with van der Waals surface area (Å²) in [6.07, 6.45) is 11.1. The molecule has 1 saturated heterocycles. The maximum absolute atomic E-state index is 14.4. The first-order valence-corrected chi connectivity index (χ1v) is 17.4. The third kappa shape index (κ3) is 6.41. The molecule has 46 heavy (non-hydrogen) atoms. The molecule has 0 radical (unpaired) electrons. The Kier molecular flexibility index (Phi) is 8.70. The highest BCUT2D eigenvalue weighted by molar-refractivity contribution is 6.37. The number of hydrogen-bond acceptors (Lipinski definition) is 5. The summed E-state index contributed by atoms with van der Waals surface area (Å²) >= 11 is 0. The lowest BCUT2D eigenvalue weighted by atomic mass is 9.77. The normalized spacial score (nSPS) is 27.0. The Morgan fingerprint density at radius 1 is 0.935 bits per heavy atom. The molecule has 1 heterocycles. The highest BCUT2D eigenvalue weighted by atomic mass is 16.2. The molecule has 0 bridgehead atoms. The second-order valence-corrected chi connectivity index (χ2v) is 16.0. The number of piperidine rings is 1. The number of benzene rings is 1. The molecule has 5 N–H and O–H groups in total. The Morgan fingerprint density at radius 2 is 1.61 bits per heavy atom. The molecule has 1 spiro atoms. The van der Waals surface area contributed by atoms with Gasteiger partial charge in [-0.1, -0.05) is 89.6 Å². The van der Waals surface area contributed by atoms with Crippen LogP contribution in [0.4, 0.5) is 4.79 Å². The molecule has 10 nitrogen and oxygen atoms in total. The van der Waals surface area contributed by atoms with Crippen LogP contribution in [0, 0.1) is 28.6 Å². The van der Waals surface area contributed by atoms with Gasteiger partial charge in [-0.15, -0.1) is 0 Å². The van der Waals surface area contributed by atoms with Crippen LogP contribution >= 0.6 is 0 Å². The predicted molar refractivity (Wildman–Crippen MR) is 173 cm³/mol. The minimum absolute atomic E-state index is 0.0234. The number of ketones is 1. The highest BCUT2D eigenvalue weighted by Gasteiger charge is 2.79. The van der Waals surface area contributed by atoms with Gasteiger partial charge in [-0.25, -0.2) is 4.79 Å². The van der Waals surface area contributed by atoms with E-state index in [-0.39, 0.29) is 35.1 Å². The fourth-order valence-corrected chi connectivity index (χ4v) is 8.85. The maximum atomic E-state index is 14.4. The van der Waals surface area contributed by atoms with E-state index in [1.54, 1.807) is 4.90 Å². The molecule has 1 aromatic rings. The minimum Gasteiger partial charge on any atom is -0.363 e. The summed E-state index contributed by atoms with van der Waals surface area (Å²) in [7, 11) is 0. The SMILES string of the molecule is CC(C)(C)[C@H](NC(=O)NC1(Cc2ccccc2)CCCCC1)C(=O)N1C[C@H]2[C@@H]([C@H]1C(=O)NC(CC1CCC1)C(=O)C(N)=O)C21CC1. The number of nitrogens with one attached hydrogen (secondary N) is 3. The van der Waals surface area contributed by atoms with Crippen molar-refractivity contribution in [1.82, 2.24) is 20.9 Å². The zero-order valence-electron chi connectivity index (χ0n) is 27.6. The zero-order valence-corrected chi connectivity index (χ0v) is 27.6. The van der Waals surface area contributed by atoms with Gasteiger partial charge < -0.3 is 26.6 Å². The number of rotatable bonds is 11. The fraction of sp³-hybridized carbons (Fsp3) is 0.694. The fourth-order valence-electron chi connectivity index (χ4n) is 8.85. The average molecular weight is 634 g/mol. The highest BCUT2D eigenvalue weighted by Crippen LogP contribution is 2.78. The second kappa shape index (κ2) is 12.3. The number of primary amides is 1. The lowest BCUT2D eigenvalue weighted by Gasteiger charge is -2.41. The molecule has 5 fully saturated rings. The maximum Gasteiger partial charge on any atom is 0.315 e. The molecule has 1 aromatic carbocycles. The Bertz CT molecular complexity index is 1360. The van der Waals surface area contributed by atoms with Crippen LogP contribution in [-0.4, -0.2) is 64.6 Å². The Balaban J connectivity index is 1.19. The van der Waals surface area contributed by atoms with Crippen molar-refractivity contribution in [2.24, 2.45) is 34.3 Å². The largest absolute Gasteiger partial charge is 0.363 e. The van der Waals surface area contributed by atoms with E-state index in [0.717, 1.165) is 76.2 Å². The molecular weight excluding hydrogens is 582 g/mol. The van der Waals surface area contributed by atoms with Crippen LogP contribution in [0.3, 0.4) is 0 Å². The number of carbonyl (C=O) groups is 5. The van der Waals surface area contributed by atoms with E-state index in [1.165, 1.54) is 0 Å². The van der Waals surface area contributed by atoms with Crippen molar-refractivity contribution in [2.45, 2.75) is 121 Å². The van der Waals surface area contributed by atoms with Crippen molar-refractivity contribution < 1.29 is 24.0 Å². The van der Waals surface area contributed by atoms with Gasteiger partial charge in [0.2, 0.25) is 17.6 Å². The molecule has 10 heteroatoms. The molecule has 4 saturated carbocycles. The Labute approximate surface area is 272 Å². The summed E-state index contributed by atoms with van der Waals surface area (Å²) in [6.45, 7) is 6.21. The molecule has 5 amide bonds. The molecular formula is C36H51N5O5. The molecule has 0 aromatic heterocycles. The lowest BCUT2D eigenvalue weighted by molar-refractivity contribution is -0.145. The first kappa shape index (κ1) is 32.5. The first-order chi connectivity index (χ1) is 21.8. The smallest absolute Gasteiger partial charge is 0.315 e. The van der Waals surface area contributed by atoms with E-state index in [4.69, 9.17) is 5.73 Å². The van der Waals surface area contributed by atoms with Crippen LogP contribution in [0.1, 0.15) is 97.0 Å². The van der Waals surface area contributed by atoms with Gasteiger partial charge in [-0.2, -0.15) is 0 Å². The van der Waals surface area contributed by atoms with Crippen molar-refractivity contribution in [1.29, 1.82) is 0 Å². The average Bonchev–Trinajstić information content (AvgIpc) is 3.84. The zero-order chi connectivity index (χ0) is 32.9. The molecule has 1 aliphatic heterocycles. The van der Waals surface area contributed by atoms with Gasteiger partial charge in [0, 0.05) is 12.1 Å². The number of amides is 5. The van der Waals surface area contributed by atoms with E-state index >= 15 is 0 Å². The van der Waals surface area contributed by atoms with Crippen molar-refractivity contribution >= 4 is 29.5 Å². The number of hydrogen-bond donors (Lipinski definition) is 4. The third-order valence-electron chi connectivity index (χ3n) is 11.8. The topological polar surface area (TPSA) is 151 Å². The predicted octanol–water partition coefficient (Wildman–Crippen LogP) is 3.61. The van der Waals surface area contributed by atoms with E-state index in [0.29, 0.717) is 13.0 Å². The van der Waals surface area contributed by atoms with Crippen LogP contribution < -0.4 is 21.7 Å². The first-order valence-electron chi connectivity index (χ1n) is 17.4. The van der Waals surface area contributed by atoms with E-state index in [2.05, 4.69) is 28.1 Å². The number of nitrogens with zero attached hydrogens (tertiary/aromatic N) is 1. The van der Waals surface area contributed by atoms with Gasteiger partial charge in [0.1, 0.15) is 12.1 Å². The van der Waals surface area contributed by atoms with E-state index < -0.39 is 46.7 Å². The quantitative estimate of drug-likeness (QED) is 0.275. The standard InChI is InChI=1S/C36H51N5O5/c1-34(2,3)29(39-33(46)40-35(15-8-5-9-16-35)20-23-11-6-4-7-12-23)32(45)41-21-24-26(36(24)17-18-36)27(41)31(44)38-25(28(42)30(37)43)19-22-13-10-14-22/h4,6-7,11-12,22,24-27,29H,5,8-10,13-21H2,1-3H3,(H2,37,43)(H,38,44)(H2,39,40,46)/t24-,25?,26-,27-,29+/m0/s1. The van der Waals surface area contributed by atoms with Crippen molar-refractivity contribution in [2.75, 3.05) is 6.54 Å². The van der Waals surface area contributed by atoms with Crippen LogP contribution in [0.2, 0.25) is 0 Å². The van der Waals surface area contributed by atoms with E-state index in [9.17, 15) is 24.0 Å². The molecule has 250 valence electrons. The van der Waals surface area contributed by atoms with Crippen molar-refractivity contribution in [3.8, 4) is 0 Å². The summed E-state index contributed by atoms with van der Waals surface area (Å²) in [6, 6.07) is 7.21. The lowest BCUT2D eigenvalue weighted by Crippen LogP contribution is -2.63. The number of nitrogens with two attached hydrogens (primary N) is 1. The molecule has 6 rings (SSSR count). The number of carbonyl (C=O) groups excluding carboxylic acids is 5. The van der Waals surface area contributed by atoms with Crippen molar-refractivity contribution in [3.63, 3.8) is 0 Å². The van der Waals surface area contributed by atoms with Crippen LogP contribution in [-0.2, 0) is 25.6 Å². The minimum atomic E-state index is -1.06. The van der Waals surface area contributed by atoms with Crippen LogP contribution in [0.25, 0.3) is 0 Å². The summed E-state index contributed by atoms with van der Waals surface area (Å²) < 4.78 is 0. The monoisotopic (exact) mass is 633 g/mol. The van der Waals surface area contributed by atoms with Gasteiger partial charge in [-0.05, 0) is 72.7 Å². The van der Waals surface area contributed by atoms with Gasteiger partial charge in [-0.3, -0.25) is 19.2 Å². The number of Topliss-reactive ketones (excluding diaryl/α,β-unsaturated/α-hetero) is 1. The van der Waals surface area contributed by atoms with Crippen LogP contribution in [0.5, 0.6) is 0 Å². The van der Waals surface area contributed by atoms with Gasteiger partial charge in [0.05, 0.1) is 6.04 Å². The van der Waals surface area contributed by atoms with Crippen molar-refractivity contribution in [3.05, 3.63) is 35.9 Å². The van der Waals surface area contributed by atoms with Gasteiger partial charge in [0.25, 0.3) is 5.91 Å². The summed E-state index contributed by atoms with van der Waals surface area (Å²) in [5, 5.41) is 9.21. The van der Waals surface area contributed by atoms with Gasteiger partial charge >= 0.3 is 6.03 Å². The third-order valence-corrected chi connectivity index (χ3v) is 11.8.